The summed E-state index contributed by atoms with van der Waals surface area (Å²) in [5.74, 6) is 0. The van der Waals surface area contributed by atoms with Crippen molar-refractivity contribution < 1.29 is 4.39 Å². The molecule has 0 N–H and O–H groups in total. The van der Waals surface area contributed by atoms with E-state index in [4.69, 9.17) is 0 Å². The van der Waals surface area contributed by atoms with E-state index in [1.54, 1.807) is 6.92 Å². The van der Waals surface area contributed by atoms with E-state index in [0.29, 0.717) is 6.42 Å². The monoisotopic (exact) mass is 213 g/mol. The third-order valence-electron chi connectivity index (χ3n) is 2.05. The van der Waals surface area contributed by atoms with Crippen molar-refractivity contribution >= 4 is 0 Å². The summed E-state index contributed by atoms with van der Waals surface area (Å²) in [4.78, 5) is 2.27. The fourth-order valence-electron chi connectivity index (χ4n) is 1.69. The molecular weight excluding hydrogens is 189 g/mol. The van der Waals surface area contributed by atoms with Crippen LogP contribution in [0.5, 0.6) is 0 Å². The predicted octanol–water partition coefficient (Wildman–Crippen LogP) is 3.58. The molecular formula is C13H24FN. The second-order valence-electron chi connectivity index (χ2n) is 4.40. The molecule has 0 saturated carbocycles. The maximum absolute atomic E-state index is 12.8. The first-order valence-electron chi connectivity index (χ1n) is 5.63. The van der Waals surface area contributed by atoms with Gasteiger partial charge in [0, 0.05) is 19.5 Å². The van der Waals surface area contributed by atoms with E-state index in [-0.39, 0.29) is 0 Å². The van der Waals surface area contributed by atoms with Crippen LogP contribution < -0.4 is 0 Å². The highest BCUT2D eigenvalue weighted by molar-refractivity contribution is 5.01. The lowest BCUT2D eigenvalue weighted by atomic mass is 10.1. The molecule has 0 bridgehead atoms. The molecule has 0 radical (unpaired) electrons. The van der Waals surface area contributed by atoms with Gasteiger partial charge < -0.3 is 0 Å². The molecule has 1 unspecified atom stereocenters. The van der Waals surface area contributed by atoms with Crippen molar-refractivity contribution in [3.63, 3.8) is 0 Å². The highest BCUT2D eigenvalue weighted by atomic mass is 19.1. The van der Waals surface area contributed by atoms with Crippen LogP contribution in [-0.4, -0.2) is 30.7 Å². The maximum Gasteiger partial charge on any atom is 0.101 e. The van der Waals surface area contributed by atoms with Gasteiger partial charge in [-0.25, -0.2) is 4.39 Å². The summed E-state index contributed by atoms with van der Waals surface area (Å²) in [5.41, 5.74) is 2.12. The van der Waals surface area contributed by atoms with E-state index in [0.717, 1.165) is 37.2 Å². The molecule has 0 heterocycles. The average molecular weight is 213 g/mol. The zero-order valence-electron chi connectivity index (χ0n) is 10.4. The van der Waals surface area contributed by atoms with Gasteiger partial charge in [0.05, 0.1) is 0 Å². The normalized spacial score (nSPS) is 12.9. The third-order valence-corrected chi connectivity index (χ3v) is 2.05. The molecule has 88 valence electrons. The van der Waals surface area contributed by atoms with Crippen LogP contribution in [0.15, 0.2) is 24.3 Å². The van der Waals surface area contributed by atoms with Crippen LogP contribution in [0.2, 0.25) is 0 Å². The Balaban J connectivity index is 4.03. The van der Waals surface area contributed by atoms with E-state index in [9.17, 15) is 4.39 Å². The van der Waals surface area contributed by atoms with Gasteiger partial charge in [0.25, 0.3) is 0 Å². The summed E-state index contributed by atoms with van der Waals surface area (Å²) in [6.07, 6.45) is 0.785. The summed E-state index contributed by atoms with van der Waals surface area (Å²) < 4.78 is 12.8. The Morgan fingerprint density at radius 1 is 1.33 bits per heavy atom. The summed E-state index contributed by atoms with van der Waals surface area (Å²) in [6.45, 7) is 16.2. The Morgan fingerprint density at radius 2 is 1.93 bits per heavy atom. The molecule has 0 rings (SSSR count). The van der Waals surface area contributed by atoms with Crippen LogP contribution >= 0.6 is 0 Å². The highest BCUT2D eigenvalue weighted by Crippen LogP contribution is 2.09. The van der Waals surface area contributed by atoms with Crippen molar-refractivity contribution in [2.24, 2.45) is 0 Å². The SMILES string of the molecule is C=C(C)CN(CCC)CC(=C)CC(C)F. The van der Waals surface area contributed by atoms with Gasteiger partial charge >= 0.3 is 0 Å². The van der Waals surface area contributed by atoms with E-state index in [2.05, 4.69) is 25.0 Å². The maximum atomic E-state index is 12.8. The van der Waals surface area contributed by atoms with Crippen LogP contribution in [0, 0.1) is 0 Å². The first kappa shape index (κ1) is 14.4. The molecule has 0 aromatic rings. The van der Waals surface area contributed by atoms with Gasteiger partial charge in [0.1, 0.15) is 6.17 Å². The minimum absolute atomic E-state index is 0.469. The van der Waals surface area contributed by atoms with Gasteiger partial charge in [-0.05, 0) is 26.8 Å². The van der Waals surface area contributed by atoms with Crippen molar-refractivity contribution in [3.05, 3.63) is 24.3 Å². The van der Waals surface area contributed by atoms with Gasteiger partial charge in [0.2, 0.25) is 0 Å². The fourth-order valence-corrected chi connectivity index (χ4v) is 1.69. The fraction of sp³-hybridized carbons (Fsp3) is 0.692. The molecule has 0 aliphatic rings. The zero-order valence-corrected chi connectivity index (χ0v) is 10.4. The number of hydrogen-bond donors (Lipinski definition) is 0. The second-order valence-corrected chi connectivity index (χ2v) is 4.40. The van der Waals surface area contributed by atoms with Gasteiger partial charge in [0.15, 0.2) is 0 Å². The number of rotatable bonds is 8. The molecule has 0 fully saturated rings. The summed E-state index contributed by atoms with van der Waals surface area (Å²) in [7, 11) is 0. The Bertz CT molecular complexity index is 209. The molecule has 0 saturated heterocycles. The molecule has 15 heavy (non-hydrogen) atoms. The lowest BCUT2D eigenvalue weighted by Crippen LogP contribution is -2.28. The molecule has 2 heteroatoms. The lowest BCUT2D eigenvalue weighted by molar-refractivity contribution is 0.303. The zero-order chi connectivity index (χ0) is 11.8. The summed E-state index contributed by atoms with van der Waals surface area (Å²) in [5, 5.41) is 0. The Morgan fingerprint density at radius 3 is 2.33 bits per heavy atom. The predicted molar refractivity (Wildman–Crippen MR) is 65.9 cm³/mol. The van der Waals surface area contributed by atoms with E-state index in [1.165, 1.54) is 0 Å². The molecule has 0 aliphatic heterocycles. The minimum atomic E-state index is -0.786. The van der Waals surface area contributed by atoms with Crippen LogP contribution in [0.4, 0.5) is 4.39 Å². The van der Waals surface area contributed by atoms with Gasteiger partial charge in [-0.1, -0.05) is 31.2 Å². The smallest absolute Gasteiger partial charge is 0.101 e. The molecule has 0 aliphatic carbocycles. The Labute approximate surface area is 93.7 Å². The summed E-state index contributed by atoms with van der Waals surface area (Å²) >= 11 is 0. The average Bonchev–Trinajstić information content (AvgIpc) is 2.00. The van der Waals surface area contributed by atoms with E-state index in [1.807, 2.05) is 6.92 Å². The lowest BCUT2D eigenvalue weighted by Gasteiger charge is -2.23. The van der Waals surface area contributed by atoms with Gasteiger partial charge in [-0.2, -0.15) is 0 Å². The number of alkyl halides is 1. The van der Waals surface area contributed by atoms with Crippen LogP contribution in [0.1, 0.15) is 33.6 Å². The van der Waals surface area contributed by atoms with Crippen LogP contribution in [0.3, 0.4) is 0 Å². The standard InChI is InChI=1S/C13H24FN/c1-6-7-15(9-11(2)3)10-12(4)8-13(5)14/h13H,2,4,6-10H2,1,3,5H3. The number of halogens is 1. The van der Waals surface area contributed by atoms with E-state index >= 15 is 0 Å². The van der Waals surface area contributed by atoms with Crippen molar-refractivity contribution in [2.45, 2.75) is 39.8 Å². The van der Waals surface area contributed by atoms with Gasteiger partial charge in [-0.15, -0.1) is 0 Å². The van der Waals surface area contributed by atoms with Crippen molar-refractivity contribution in [2.75, 3.05) is 19.6 Å². The largest absolute Gasteiger partial charge is 0.296 e. The molecule has 0 aromatic carbocycles. The number of nitrogens with zero attached hydrogens (tertiary/aromatic N) is 1. The minimum Gasteiger partial charge on any atom is -0.296 e. The Hall–Kier alpha value is -0.630. The first-order chi connectivity index (χ1) is 6.95. The molecule has 0 amide bonds. The molecule has 1 atom stereocenters. The van der Waals surface area contributed by atoms with Crippen LogP contribution in [0.25, 0.3) is 0 Å². The van der Waals surface area contributed by atoms with Gasteiger partial charge in [-0.3, -0.25) is 4.90 Å². The second kappa shape index (κ2) is 7.63. The van der Waals surface area contributed by atoms with Crippen molar-refractivity contribution in [3.8, 4) is 0 Å². The Kier molecular flexibility index (Phi) is 7.31. The van der Waals surface area contributed by atoms with Crippen molar-refractivity contribution in [1.29, 1.82) is 0 Å². The quantitative estimate of drug-likeness (QED) is 0.557. The third kappa shape index (κ3) is 8.37. The van der Waals surface area contributed by atoms with Crippen molar-refractivity contribution in [1.82, 2.24) is 4.90 Å². The highest BCUT2D eigenvalue weighted by Gasteiger charge is 2.08. The topological polar surface area (TPSA) is 3.24 Å². The summed E-state index contributed by atoms with van der Waals surface area (Å²) in [6, 6.07) is 0. The first-order valence-corrected chi connectivity index (χ1v) is 5.63. The van der Waals surface area contributed by atoms with E-state index < -0.39 is 6.17 Å². The number of hydrogen-bond acceptors (Lipinski definition) is 1. The molecule has 1 nitrogen and oxygen atoms in total. The van der Waals surface area contributed by atoms with Crippen LogP contribution in [-0.2, 0) is 0 Å². The molecule has 0 aromatic heterocycles. The molecule has 0 spiro atoms.